The number of nitrogens with zero attached hydrogens (tertiary/aromatic N) is 3. The summed E-state index contributed by atoms with van der Waals surface area (Å²) in [5.41, 5.74) is 1.86. The highest BCUT2D eigenvalue weighted by molar-refractivity contribution is 7.98. The van der Waals surface area contributed by atoms with Crippen LogP contribution in [-0.2, 0) is 20.0 Å². The summed E-state index contributed by atoms with van der Waals surface area (Å²) in [5, 5.41) is 14.5. The molecule has 36 heavy (non-hydrogen) atoms. The van der Waals surface area contributed by atoms with Crippen molar-refractivity contribution in [3.05, 3.63) is 88.5 Å². The van der Waals surface area contributed by atoms with Gasteiger partial charge in [-0.15, -0.1) is 11.8 Å². The Labute approximate surface area is 211 Å². The Bertz CT molecular complexity index is 1290. The molecule has 4 aliphatic heterocycles. The van der Waals surface area contributed by atoms with Gasteiger partial charge in [-0.1, -0.05) is 24.3 Å². The lowest BCUT2D eigenvalue weighted by Gasteiger charge is -2.55. The van der Waals surface area contributed by atoms with Crippen LogP contribution in [0.25, 0.3) is 0 Å². The minimum Gasteiger partial charge on any atom is -0.507 e. The number of hydrogen-bond donors (Lipinski definition) is 1. The molecule has 0 aromatic heterocycles. The number of morpholine rings is 1. The second kappa shape index (κ2) is 9.19. The van der Waals surface area contributed by atoms with E-state index in [4.69, 9.17) is 9.47 Å². The van der Waals surface area contributed by atoms with Gasteiger partial charge in [-0.2, -0.15) is 5.01 Å². The molecule has 4 aliphatic rings. The molecular formula is C26H25F2N3O4S. The number of fused-ring (bicyclic) bond motifs is 4. The number of halogens is 2. The number of aliphatic hydroxyl groups excluding tert-OH is 1. The van der Waals surface area contributed by atoms with Crippen molar-refractivity contribution in [3.8, 4) is 0 Å². The topological polar surface area (TPSA) is 65.5 Å². The highest BCUT2D eigenvalue weighted by Crippen LogP contribution is 2.47. The standard InChI is InChI=1S/C26H25F2N3O4S/c1-15-11-29-22(13-35-15)31(30-9-4-10-34-12-20(32)25(30)26(29)33)24-16-7-8-19(27)23(28)18(16)14-36-21-6-3-2-5-17(21)24/h2-9,15,22,24,32H,10-14H2,1H3/b9-4-,25-20+/t15-,22+,24-/m0/s1. The molecule has 0 bridgehead atoms. The van der Waals surface area contributed by atoms with Gasteiger partial charge < -0.3 is 19.5 Å². The molecule has 0 radical (unpaired) electrons. The van der Waals surface area contributed by atoms with E-state index in [1.54, 1.807) is 28.3 Å². The lowest BCUT2D eigenvalue weighted by molar-refractivity contribution is -0.199. The number of carbonyl (C=O) groups excluding carboxylic acids is 1. The maximum Gasteiger partial charge on any atom is 0.277 e. The first-order chi connectivity index (χ1) is 17.5. The van der Waals surface area contributed by atoms with Crippen molar-refractivity contribution in [1.29, 1.82) is 0 Å². The average molecular weight is 514 g/mol. The predicted octanol–water partition coefficient (Wildman–Crippen LogP) is 4.08. The van der Waals surface area contributed by atoms with Crippen LogP contribution in [0.4, 0.5) is 8.78 Å². The van der Waals surface area contributed by atoms with Crippen LogP contribution in [0, 0.1) is 11.6 Å². The molecule has 1 N–H and O–H groups in total. The molecule has 7 nitrogen and oxygen atoms in total. The van der Waals surface area contributed by atoms with Gasteiger partial charge in [0, 0.05) is 29.0 Å². The van der Waals surface area contributed by atoms with Crippen LogP contribution in [0.15, 0.2) is 65.0 Å². The van der Waals surface area contributed by atoms with Crippen molar-refractivity contribution in [1.82, 2.24) is 14.9 Å². The molecule has 188 valence electrons. The minimum atomic E-state index is -0.897. The molecule has 4 heterocycles. The Balaban J connectivity index is 1.62. The number of rotatable bonds is 1. The smallest absolute Gasteiger partial charge is 0.277 e. The summed E-state index contributed by atoms with van der Waals surface area (Å²) in [6.45, 7) is 2.55. The van der Waals surface area contributed by atoms with E-state index in [2.05, 4.69) is 0 Å². The van der Waals surface area contributed by atoms with E-state index < -0.39 is 23.8 Å². The van der Waals surface area contributed by atoms with Crippen LogP contribution in [0.1, 0.15) is 29.7 Å². The first-order valence-electron chi connectivity index (χ1n) is 11.8. The number of amides is 1. The lowest BCUT2D eigenvalue weighted by atomic mass is 9.92. The Morgan fingerprint density at radius 2 is 1.97 bits per heavy atom. The molecule has 2 aromatic carbocycles. The fraction of sp³-hybridized carbons (Fsp3) is 0.346. The summed E-state index contributed by atoms with van der Waals surface area (Å²) < 4.78 is 41.0. The Morgan fingerprint density at radius 1 is 1.14 bits per heavy atom. The van der Waals surface area contributed by atoms with Crippen LogP contribution in [0.2, 0.25) is 0 Å². The van der Waals surface area contributed by atoms with Crippen LogP contribution in [0.5, 0.6) is 0 Å². The normalized spacial score (nSPS) is 29.3. The quantitative estimate of drug-likeness (QED) is 0.617. The third kappa shape index (κ3) is 3.71. The van der Waals surface area contributed by atoms with Gasteiger partial charge in [0.2, 0.25) is 0 Å². The fourth-order valence-electron chi connectivity index (χ4n) is 5.31. The Morgan fingerprint density at radius 3 is 2.83 bits per heavy atom. The predicted molar refractivity (Wildman–Crippen MR) is 128 cm³/mol. The van der Waals surface area contributed by atoms with E-state index in [1.165, 1.54) is 11.8 Å². The summed E-state index contributed by atoms with van der Waals surface area (Å²) >= 11 is 1.45. The van der Waals surface area contributed by atoms with Gasteiger partial charge in [-0.25, -0.2) is 8.78 Å². The van der Waals surface area contributed by atoms with Gasteiger partial charge in [0.1, 0.15) is 18.5 Å². The molecule has 3 atom stereocenters. The van der Waals surface area contributed by atoms with Gasteiger partial charge in [0.05, 0.1) is 25.4 Å². The molecule has 0 unspecified atom stereocenters. The molecule has 6 rings (SSSR count). The van der Waals surface area contributed by atoms with Gasteiger partial charge >= 0.3 is 0 Å². The minimum absolute atomic E-state index is 0.0785. The summed E-state index contributed by atoms with van der Waals surface area (Å²) in [4.78, 5) is 16.3. The number of benzene rings is 2. The van der Waals surface area contributed by atoms with E-state index in [1.807, 2.05) is 36.2 Å². The number of hydrogen-bond acceptors (Lipinski definition) is 7. The zero-order valence-electron chi connectivity index (χ0n) is 19.6. The maximum atomic E-state index is 15.2. The molecule has 0 spiro atoms. The molecule has 10 heteroatoms. The number of ether oxygens (including phenoxy) is 2. The Kier molecular flexibility index (Phi) is 5.99. The summed E-state index contributed by atoms with van der Waals surface area (Å²) in [6.07, 6.45) is 2.71. The second-order valence-electron chi connectivity index (χ2n) is 9.16. The average Bonchev–Trinajstić information content (AvgIpc) is 3.02. The van der Waals surface area contributed by atoms with Crippen molar-refractivity contribution < 1.29 is 28.2 Å². The number of carbonyl (C=O) groups is 1. The number of hydrazine groups is 1. The number of aliphatic hydroxyl groups is 1. The van der Waals surface area contributed by atoms with Crippen LogP contribution in [0.3, 0.4) is 0 Å². The second-order valence-corrected chi connectivity index (χ2v) is 10.2. The van der Waals surface area contributed by atoms with Crippen molar-refractivity contribution in [3.63, 3.8) is 0 Å². The zero-order valence-corrected chi connectivity index (χ0v) is 20.4. The van der Waals surface area contributed by atoms with Gasteiger partial charge in [0.25, 0.3) is 5.91 Å². The first kappa shape index (κ1) is 23.5. The zero-order chi connectivity index (χ0) is 25.0. The maximum absolute atomic E-state index is 15.2. The summed E-state index contributed by atoms with van der Waals surface area (Å²) in [6, 6.07) is 9.94. The SMILES string of the molecule is C[C@H]1CN2C(=O)/C3=C(\O)COC/C=C\N3N([C@@H]3c4ccccc4SCc4c3ccc(F)c4F)[C@@H]2CO1. The fourth-order valence-corrected chi connectivity index (χ4v) is 6.43. The summed E-state index contributed by atoms with van der Waals surface area (Å²) in [5.74, 6) is -2.02. The Hall–Kier alpha value is -2.92. The van der Waals surface area contributed by atoms with Crippen molar-refractivity contribution >= 4 is 17.7 Å². The van der Waals surface area contributed by atoms with Crippen LogP contribution in [-0.4, -0.2) is 64.6 Å². The largest absolute Gasteiger partial charge is 0.507 e. The molecule has 0 aliphatic carbocycles. The van der Waals surface area contributed by atoms with Crippen LogP contribution < -0.4 is 0 Å². The molecule has 2 aromatic rings. The van der Waals surface area contributed by atoms with E-state index in [0.29, 0.717) is 12.1 Å². The van der Waals surface area contributed by atoms with E-state index in [0.717, 1.165) is 16.5 Å². The van der Waals surface area contributed by atoms with E-state index >= 15 is 4.39 Å². The molecular weight excluding hydrogens is 488 g/mol. The lowest BCUT2D eigenvalue weighted by Crippen LogP contribution is -2.68. The first-order valence-corrected chi connectivity index (χ1v) is 12.8. The highest BCUT2D eigenvalue weighted by Gasteiger charge is 2.50. The van der Waals surface area contributed by atoms with E-state index in [-0.39, 0.29) is 54.6 Å². The van der Waals surface area contributed by atoms with Crippen LogP contribution >= 0.6 is 11.8 Å². The third-order valence-corrected chi connectivity index (χ3v) is 8.06. The van der Waals surface area contributed by atoms with Gasteiger partial charge in [0.15, 0.2) is 17.3 Å². The molecule has 2 fully saturated rings. The van der Waals surface area contributed by atoms with Crippen molar-refractivity contribution in [2.75, 3.05) is 26.4 Å². The van der Waals surface area contributed by atoms with Crippen molar-refractivity contribution in [2.45, 2.75) is 35.9 Å². The number of thioether (sulfide) groups is 1. The monoisotopic (exact) mass is 513 g/mol. The highest BCUT2D eigenvalue weighted by atomic mass is 32.2. The third-order valence-electron chi connectivity index (χ3n) is 6.94. The molecule has 2 saturated heterocycles. The molecule has 0 saturated carbocycles. The van der Waals surface area contributed by atoms with Gasteiger partial charge in [-0.3, -0.25) is 9.80 Å². The van der Waals surface area contributed by atoms with Crippen molar-refractivity contribution in [2.24, 2.45) is 0 Å². The van der Waals surface area contributed by atoms with E-state index in [9.17, 15) is 14.3 Å². The summed E-state index contributed by atoms with van der Waals surface area (Å²) in [7, 11) is 0. The molecule has 1 amide bonds. The van der Waals surface area contributed by atoms with Gasteiger partial charge in [-0.05, 0) is 36.3 Å².